The van der Waals surface area contributed by atoms with Gasteiger partial charge in [-0.3, -0.25) is 0 Å². The number of allylic oxidation sites excluding steroid dienone is 4. The Hall–Kier alpha value is -0.0145. The van der Waals surface area contributed by atoms with Crippen LogP contribution in [-0.2, 0) is 16.8 Å². The van der Waals surface area contributed by atoms with E-state index in [1.165, 1.54) is 33.8 Å². The van der Waals surface area contributed by atoms with Gasteiger partial charge in [-0.1, -0.05) is 18.1 Å². The molecular weight excluding hydrogens is 433 g/mol. The van der Waals surface area contributed by atoms with Gasteiger partial charge in [-0.25, -0.2) is 0 Å². The Morgan fingerprint density at radius 3 is 1.52 bits per heavy atom. The van der Waals surface area contributed by atoms with Crippen molar-refractivity contribution in [3.63, 3.8) is 0 Å². The molecule has 1 aromatic rings. The zero-order chi connectivity index (χ0) is 15.3. The molecule has 1 aliphatic carbocycles. The predicted octanol–water partition coefficient (Wildman–Crippen LogP) is 4.59. The van der Waals surface area contributed by atoms with Gasteiger partial charge >= 0.3 is 77.4 Å². The quantitative estimate of drug-likeness (QED) is 0.545. The Kier molecular flexibility index (Phi) is 9.89. The molecule has 3 heteroatoms. The molecule has 114 valence electrons. The maximum atomic E-state index is 2.97. The molecule has 1 aromatic carbocycles. The van der Waals surface area contributed by atoms with Crippen molar-refractivity contribution in [2.24, 2.45) is 0 Å². The normalized spacial score (nSPS) is 15.6. The van der Waals surface area contributed by atoms with E-state index in [0.29, 0.717) is 0 Å². The molecule has 0 saturated heterocycles. The summed E-state index contributed by atoms with van der Waals surface area (Å²) in [5, 5.41) is 0. The second-order valence-electron chi connectivity index (χ2n) is 4.97. The molecular formula is C18H21CoSe2. The summed E-state index contributed by atoms with van der Waals surface area (Å²) in [7, 11) is 0. The zero-order valence-electron chi connectivity index (χ0n) is 13.1. The van der Waals surface area contributed by atoms with Crippen molar-refractivity contribution >= 4 is 36.5 Å². The van der Waals surface area contributed by atoms with Crippen molar-refractivity contribution in [3.05, 3.63) is 69.1 Å². The van der Waals surface area contributed by atoms with Crippen LogP contribution < -0.4 is 0 Å². The zero-order valence-corrected chi connectivity index (χ0v) is 17.6. The van der Waals surface area contributed by atoms with Crippen LogP contribution in [-0.4, -0.2) is 32.0 Å². The topological polar surface area (TPSA) is 0 Å². The van der Waals surface area contributed by atoms with Gasteiger partial charge in [-0.15, -0.1) is 0 Å². The summed E-state index contributed by atoms with van der Waals surface area (Å²) in [6.45, 7) is 11.0. The molecule has 1 aliphatic rings. The van der Waals surface area contributed by atoms with Gasteiger partial charge in [0.15, 0.2) is 0 Å². The van der Waals surface area contributed by atoms with Crippen molar-refractivity contribution in [2.45, 2.75) is 34.6 Å². The number of hydrogen-bond acceptors (Lipinski definition) is 0. The molecule has 0 bridgehead atoms. The maximum absolute atomic E-state index is 2.97. The van der Waals surface area contributed by atoms with Gasteiger partial charge in [0, 0.05) is 22.7 Å². The molecule has 0 nitrogen and oxygen atoms in total. The molecule has 0 N–H and O–H groups in total. The van der Waals surface area contributed by atoms with E-state index in [1.54, 1.807) is 0 Å². The van der Waals surface area contributed by atoms with Gasteiger partial charge in [0.1, 0.15) is 0 Å². The van der Waals surface area contributed by atoms with Crippen molar-refractivity contribution in [3.8, 4) is 0 Å². The van der Waals surface area contributed by atoms with Gasteiger partial charge in [-0.2, -0.15) is 0 Å². The Morgan fingerprint density at radius 2 is 1.24 bits per heavy atom. The molecule has 0 fully saturated rings. The first-order valence-electron chi connectivity index (χ1n) is 6.64. The van der Waals surface area contributed by atoms with E-state index in [4.69, 9.17) is 0 Å². The van der Waals surface area contributed by atoms with E-state index in [-0.39, 0.29) is 16.8 Å². The molecule has 0 amide bonds. The minimum atomic E-state index is 0. The summed E-state index contributed by atoms with van der Waals surface area (Å²) in [5.74, 6) is 1.47. The van der Waals surface area contributed by atoms with Gasteiger partial charge in [0.25, 0.3) is 0 Å². The van der Waals surface area contributed by atoms with Gasteiger partial charge in [0.2, 0.25) is 0 Å². The van der Waals surface area contributed by atoms with E-state index in [9.17, 15) is 0 Å². The standard InChI is InChI=1S/C10H15.C8H6Se2.Co/c1-6-7(2)9(4)10(5)8(6)3;9-6-8(10)7-4-2-1-3-5-7;/h1-5H3;1-6H;/b;8-6-;. The molecule has 21 heavy (non-hydrogen) atoms. The van der Waals surface area contributed by atoms with Crippen LogP contribution in [0.15, 0.2) is 57.6 Å². The van der Waals surface area contributed by atoms with E-state index in [1.807, 2.05) is 23.2 Å². The SMILES string of the molecule is C[C]1C(C)=C(C)C(C)=C1C.[Co].[Se]/C=C(\[Se])c1ccccc1. The van der Waals surface area contributed by atoms with E-state index < -0.39 is 0 Å². The van der Waals surface area contributed by atoms with E-state index >= 15 is 0 Å². The average molecular weight is 454 g/mol. The Bertz CT molecular complexity index is 530. The van der Waals surface area contributed by atoms with Gasteiger partial charge in [0.05, 0.1) is 0 Å². The van der Waals surface area contributed by atoms with Crippen LogP contribution in [0.25, 0.3) is 4.47 Å². The fourth-order valence-electron chi connectivity index (χ4n) is 2.08. The third-order valence-corrected chi connectivity index (χ3v) is 5.97. The molecule has 0 spiro atoms. The Morgan fingerprint density at radius 1 is 0.810 bits per heavy atom. The summed E-state index contributed by atoms with van der Waals surface area (Å²) in [5.41, 5.74) is 7.09. The first kappa shape index (κ1) is 21.0. The van der Waals surface area contributed by atoms with Crippen LogP contribution in [0.5, 0.6) is 0 Å². The third kappa shape index (κ3) is 5.60. The fourth-order valence-corrected chi connectivity index (χ4v) is 2.65. The number of hydrogen-bond donors (Lipinski definition) is 0. The van der Waals surface area contributed by atoms with Gasteiger partial charge in [-0.05, 0) is 38.8 Å². The van der Waals surface area contributed by atoms with Crippen LogP contribution in [0, 0.1) is 5.92 Å². The summed E-state index contributed by atoms with van der Waals surface area (Å²) >= 11 is 5.82. The molecule has 0 atom stereocenters. The number of rotatable bonds is 1. The summed E-state index contributed by atoms with van der Waals surface area (Å²) in [4.78, 5) is 1.94. The monoisotopic (exact) mass is 456 g/mol. The molecule has 2 rings (SSSR count). The van der Waals surface area contributed by atoms with Crippen LogP contribution in [0.3, 0.4) is 0 Å². The van der Waals surface area contributed by atoms with Crippen molar-refractivity contribution in [1.29, 1.82) is 0 Å². The van der Waals surface area contributed by atoms with Gasteiger partial charge < -0.3 is 0 Å². The van der Waals surface area contributed by atoms with Crippen molar-refractivity contribution < 1.29 is 16.8 Å². The van der Waals surface area contributed by atoms with Crippen LogP contribution in [0.4, 0.5) is 0 Å². The summed E-state index contributed by atoms with van der Waals surface area (Å²) < 4.78 is 1.15. The third-order valence-electron chi connectivity index (χ3n) is 3.98. The van der Waals surface area contributed by atoms with Crippen LogP contribution in [0.1, 0.15) is 40.2 Å². The summed E-state index contributed by atoms with van der Waals surface area (Å²) in [6.07, 6.45) is 0. The second kappa shape index (κ2) is 9.89. The molecule has 0 unspecified atom stereocenters. The summed E-state index contributed by atoms with van der Waals surface area (Å²) in [6, 6.07) is 10.2. The van der Waals surface area contributed by atoms with Crippen LogP contribution in [0.2, 0.25) is 0 Å². The first-order chi connectivity index (χ1) is 9.40. The minimum absolute atomic E-state index is 0. The molecule has 4 radical (unpaired) electrons. The molecule has 0 aliphatic heterocycles. The fraction of sp³-hybridized carbons (Fsp3) is 0.278. The molecule has 0 saturated carbocycles. The van der Waals surface area contributed by atoms with E-state index in [2.05, 4.69) is 78.8 Å². The van der Waals surface area contributed by atoms with Crippen LogP contribution >= 0.6 is 0 Å². The molecule has 0 aromatic heterocycles. The predicted molar refractivity (Wildman–Crippen MR) is 91.6 cm³/mol. The second-order valence-corrected chi connectivity index (χ2v) is 6.39. The average Bonchev–Trinajstić information content (AvgIpc) is 2.66. The number of benzene rings is 1. The Balaban J connectivity index is 0.000000364. The Labute approximate surface area is 156 Å². The van der Waals surface area contributed by atoms with E-state index in [0.717, 1.165) is 4.47 Å². The van der Waals surface area contributed by atoms with Crippen molar-refractivity contribution in [2.75, 3.05) is 0 Å². The van der Waals surface area contributed by atoms with Crippen molar-refractivity contribution in [1.82, 2.24) is 0 Å². The molecule has 0 heterocycles. The first-order valence-corrected chi connectivity index (χ1v) is 8.48.